The van der Waals surface area contributed by atoms with Crippen molar-refractivity contribution < 1.29 is 4.79 Å². The van der Waals surface area contributed by atoms with Crippen LogP contribution in [0.4, 0.5) is 0 Å². The third kappa shape index (κ3) is 3.88. The van der Waals surface area contributed by atoms with E-state index >= 15 is 0 Å². The molecule has 2 nitrogen and oxygen atoms in total. The van der Waals surface area contributed by atoms with E-state index in [1.54, 1.807) is 6.08 Å². The van der Waals surface area contributed by atoms with E-state index in [1.807, 2.05) is 36.4 Å². The van der Waals surface area contributed by atoms with Gasteiger partial charge < -0.3 is 5.32 Å². The monoisotopic (exact) mass is 241 g/mol. The largest absolute Gasteiger partial charge is 0.346 e. The Kier molecular flexibility index (Phi) is 4.35. The molecule has 1 amide bonds. The van der Waals surface area contributed by atoms with Crippen LogP contribution in [0.3, 0.4) is 0 Å². The Morgan fingerprint density at radius 2 is 2.11 bits per heavy atom. The summed E-state index contributed by atoms with van der Waals surface area (Å²) < 4.78 is 0. The van der Waals surface area contributed by atoms with Crippen LogP contribution >= 0.6 is 0 Å². The molecule has 1 aromatic carbocycles. The predicted octanol–water partition coefficient (Wildman–Crippen LogP) is 3.31. The fraction of sp³-hybridized carbons (Fsp3) is 0.312. The van der Waals surface area contributed by atoms with Gasteiger partial charge in [0.2, 0.25) is 5.91 Å². The number of hydrogen-bond acceptors (Lipinski definition) is 1. The lowest BCUT2D eigenvalue weighted by atomic mass is 9.97. The smallest absolute Gasteiger partial charge is 0.244 e. The number of carbonyl (C=O) groups excluding carboxylic acids is 1. The van der Waals surface area contributed by atoms with Crippen LogP contribution in [-0.2, 0) is 4.79 Å². The minimum Gasteiger partial charge on any atom is -0.346 e. The van der Waals surface area contributed by atoms with Crippen molar-refractivity contribution in [1.29, 1.82) is 0 Å². The van der Waals surface area contributed by atoms with Crippen LogP contribution in [0.1, 0.15) is 31.7 Å². The highest BCUT2D eigenvalue weighted by Gasteiger charge is 2.12. The summed E-state index contributed by atoms with van der Waals surface area (Å²) in [6, 6.07) is 10.1. The van der Waals surface area contributed by atoms with Crippen LogP contribution in [0.25, 0.3) is 6.08 Å². The quantitative estimate of drug-likeness (QED) is 0.638. The Morgan fingerprint density at radius 3 is 2.83 bits per heavy atom. The van der Waals surface area contributed by atoms with E-state index in [4.69, 9.17) is 0 Å². The first-order valence-electron chi connectivity index (χ1n) is 6.45. The molecule has 0 saturated heterocycles. The number of carbonyl (C=O) groups is 1. The predicted molar refractivity (Wildman–Crippen MR) is 75.0 cm³/mol. The molecule has 2 heteroatoms. The highest BCUT2D eigenvalue weighted by molar-refractivity contribution is 5.92. The molecule has 0 aromatic heterocycles. The van der Waals surface area contributed by atoms with E-state index in [9.17, 15) is 4.79 Å². The van der Waals surface area contributed by atoms with Crippen LogP contribution in [0.5, 0.6) is 0 Å². The molecule has 1 aromatic rings. The summed E-state index contributed by atoms with van der Waals surface area (Å²) in [5, 5.41) is 3.02. The fourth-order valence-electron chi connectivity index (χ4n) is 2.19. The average Bonchev–Trinajstić information content (AvgIpc) is 2.38. The molecule has 0 heterocycles. The molecule has 1 aliphatic rings. The van der Waals surface area contributed by atoms with E-state index < -0.39 is 0 Å². The standard InChI is InChI=1S/C16H19NO/c1-13-6-5-9-15(12-13)17-16(18)11-10-14-7-3-2-4-8-14/h2-4,7-8,10-12,15H,5-6,9H2,1H3,(H,17,18)/b11-10+. The molecular formula is C16H19NO. The van der Waals surface area contributed by atoms with Gasteiger partial charge in [0, 0.05) is 12.1 Å². The Bertz CT molecular complexity index is 459. The zero-order valence-electron chi connectivity index (χ0n) is 10.7. The van der Waals surface area contributed by atoms with Gasteiger partial charge >= 0.3 is 0 Å². The first-order chi connectivity index (χ1) is 8.74. The number of rotatable bonds is 3. The van der Waals surface area contributed by atoms with E-state index in [-0.39, 0.29) is 11.9 Å². The van der Waals surface area contributed by atoms with Gasteiger partial charge in [0.15, 0.2) is 0 Å². The van der Waals surface area contributed by atoms with E-state index in [2.05, 4.69) is 18.3 Å². The van der Waals surface area contributed by atoms with Gasteiger partial charge in [-0.2, -0.15) is 0 Å². The summed E-state index contributed by atoms with van der Waals surface area (Å²) in [4.78, 5) is 11.8. The maximum absolute atomic E-state index is 11.8. The molecule has 0 saturated carbocycles. The second kappa shape index (κ2) is 6.20. The van der Waals surface area contributed by atoms with Gasteiger partial charge in [-0.05, 0) is 37.8 Å². The zero-order chi connectivity index (χ0) is 12.8. The molecule has 1 atom stereocenters. The SMILES string of the molecule is CC1=CC(NC(=O)/C=C/c2ccccc2)CCC1. The Morgan fingerprint density at radius 1 is 1.33 bits per heavy atom. The summed E-state index contributed by atoms with van der Waals surface area (Å²) in [6.07, 6.45) is 8.98. The van der Waals surface area contributed by atoms with Crippen LogP contribution in [-0.4, -0.2) is 11.9 Å². The number of nitrogens with one attached hydrogen (secondary N) is 1. The van der Waals surface area contributed by atoms with Gasteiger partial charge in [-0.1, -0.05) is 42.0 Å². The molecule has 18 heavy (non-hydrogen) atoms. The van der Waals surface area contributed by atoms with Crippen LogP contribution < -0.4 is 5.32 Å². The molecule has 0 bridgehead atoms. The van der Waals surface area contributed by atoms with Crippen molar-refractivity contribution in [1.82, 2.24) is 5.32 Å². The lowest BCUT2D eigenvalue weighted by Gasteiger charge is -2.19. The second-order valence-electron chi connectivity index (χ2n) is 4.76. The molecule has 0 spiro atoms. The summed E-state index contributed by atoms with van der Waals surface area (Å²) in [6.45, 7) is 2.12. The zero-order valence-corrected chi connectivity index (χ0v) is 10.7. The van der Waals surface area contributed by atoms with Crippen molar-refractivity contribution in [3.63, 3.8) is 0 Å². The number of hydrogen-bond donors (Lipinski definition) is 1. The molecule has 2 rings (SSSR count). The molecule has 0 aliphatic heterocycles. The van der Waals surface area contributed by atoms with Crippen molar-refractivity contribution in [2.75, 3.05) is 0 Å². The summed E-state index contributed by atoms with van der Waals surface area (Å²) in [5.41, 5.74) is 2.42. The first kappa shape index (κ1) is 12.6. The van der Waals surface area contributed by atoms with Crippen LogP contribution in [0.15, 0.2) is 48.1 Å². The molecule has 1 unspecified atom stereocenters. The topological polar surface area (TPSA) is 29.1 Å². The lowest BCUT2D eigenvalue weighted by molar-refractivity contribution is -0.116. The van der Waals surface area contributed by atoms with Crippen molar-refractivity contribution in [3.05, 3.63) is 53.6 Å². The van der Waals surface area contributed by atoms with Crippen molar-refractivity contribution in [2.24, 2.45) is 0 Å². The van der Waals surface area contributed by atoms with Gasteiger partial charge in [-0.3, -0.25) is 4.79 Å². The third-order valence-corrected chi connectivity index (χ3v) is 3.13. The number of amides is 1. The van der Waals surface area contributed by atoms with E-state index in [1.165, 1.54) is 5.57 Å². The molecule has 1 aliphatic carbocycles. The molecule has 1 N–H and O–H groups in total. The van der Waals surface area contributed by atoms with Gasteiger partial charge in [-0.25, -0.2) is 0 Å². The minimum atomic E-state index is -0.0187. The maximum atomic E-state index is 11.8. The van der Waals surface area contributed by atoms with Crippen LogP contribution in [0.2, 0.25) is 0 Å². The first-order valence-corrected chi connectivity index (χ1v) is 6.45. The second-order valence-corrected chi connectivity index (χ2v) is 4.76. The highest BCUT2D eigenvalue weighted by Crippen LogP contribution is 2.17. The van der Waals surface area contributed by atoms with Gasteiger partial charge in [-0.15, -0.1) is 0 Å². The van der Waals surface area contributed by atoms with Crippen molar-refractivity contribution >= 4 is 12.0 Å². The molecule has 0 radical (unpaired) electrons. The maximum Gasteiger partial charge on any atom is 0.244 e. The summed E-state index contributed by atoms with van der Waals surface area (Å²) >= 11 is 0. The Labute approximate surface area is 108 Å². The Balaban J connectivity index is 1.89. The van der Waals surface area contributed by atoms with Gasteiger partial charge in [0.1, 0.15) is 0 Å². The van der Waals surface area contributed by atoms with Crippen molar-refractivity contribution in [2.45, 2.75) is 32.2 Å². The van der Waals surface area contributed by atoms with Gasteiger partial charge in [0.25, 0.3) is 0 Å². The third-order valence-electron chi connectivity index (χ3n) is 3.13. The normalized spacial score (nSPS) is 19.6. The van der Waals surface area contributed by atoms with E-state index in [0.717, 1.165) is 24.8 Å². The molecule has 0 fully saturated rings. The number of benzene rings is 1. The number of allylic oxidation sites excluding steroid dienone is 1. The Hall–Kier alpha value is -1.83. The average molecular weight is 241 g/mol. The van der Waals surface area contributed by atoms with E-state index in [0.29, 0.717) is 0 Å². The highest BCUT2D eigenvalue weighted by atomic mass is 16.1. The van der Waals surface area contributed by atoms with Crippen molar-refractivity contribution in [3.8, 4) is 0 Å². The van der Waals surface area contributed by atoms with Gasteiger partial charge in [0.05, 0.1) is 0 Å². The van der Waals surface area contributed by atoms with Crippen LogP contribution in [0, 0.1) is 0 Å². The summed E-state index contributed by atoms with van der Waals surface area (Å²) in [7, 11) is 0. The fourth-order valence-corrected chi connectivity index (χ4v) is 2.19. The lowest BCUT2D eigenvalue weighted by Crippen LogP contribution is -2.33. The molecule has 94 valence electrons. The minimum absolute atomic E-state index is 0.0187. The molecular weight excluding hydrogens is 222 g/mol. The summed E-state index contributed by atoms with van der Waals surface area (Å²) in [5.74, 6) is -0.0187.